The molecule has 0 aliphatic heterocycles. The topological polar surface area (TPSA) is 55.1 Å². The molecule has 0 unspecified atom stereocenters. The second-order valence-electron chi connectivity index (χ2n) is 5.61. The fraction of sp³-hybridized carbons (Fsp3) is 0.562. The van der Waals surface area contributed by atoms with Gasteiger partial charge in [-0.1, -0.05) is 31.4 Å². The maximum atomic E-state index is 13.7. The zero-order valence-corrected chi connectivity index (χ0v) is 11.8. The number of nitrogens with one attached hydrogen (secondary N) is 1. The van der Waals surface area contributed by atoms with Crippen LogP contribution in [0.1, 0.15) is 49.7 Å². The highest BCUT2D eigenvalue weighted by atomic mass is 19.1. The molecular weight excluding hydrogens is 255 g/mol. The summed E-state index contributed by atoms with van der Waals surface area (Å²) in [6.45, 7) is 0.577. The van der Waals surface area contributed by atoms with Crippen LogP contribution < -0.4 is 11.1 Å². The Morgan fingerprint density at radius 1 is 1.30 bits per heavy atom. The van der Waals surface area contributed by atoms with E-state index in [1.165, 1.54) is 25.3 Å². The molecule has 1 fully saturated rings. The van der Waals surface area contributed by atoms with Crippen LogP contribution in [-0.2, 0) is 17.9 Å². The van der Waals surface area contributed by atoms with Gasteiger partial charge in [0.05, 0.1) is 0 Å². The summed E-state index contributed by atoms with van der Waals surface area (Å²) in [5, 5.41) is 2.81. The van der Waals surface area contributed by atoms with Crippen molar-refractivity contribution in [2.24, 2.45) is 11.7 Å². The van der Waals surface area contributed by atoms with E-state index in [4.69, 9.17) is 5.73 Å². The summed E-state index contributed by atoms with van der Waals surface area (Å²) < 4.78 is 13.7. The molecule has 0 heterocycles. The van der Waals surface area contributed by atoms with Gasteiger partial charge in [-0.3, -0.25) is 4.79 Å². The third kappa shape index (κ3) is 4.30. The predicted molar refractivity (Wildman–Crippen MR) is 77.3 cm³/mol. The molecule has 2 rings (SSSR count). The number of hydrogen-bond acceptors (Lipinski definition) is 2. The normalized spacial score (nSPS) is 16.1. The molecule has 0 spiro atoms. The Hall–Kier alpha value is -1.42. The summed E-state index contributed by atoms with van der Waals surface area (Å²) in [6, 6.07) is 4.92. The summed E-state index contributed by atoms with van der Waals surface area (Å²) in [4.78, 5) is 11.9. The highest BCUT2D eigenvalue weighted by Crippen LogP contribution is 2.26. The molecule has 3 N–H and O–H groups in total. The van der Waals surface area contributed by atoms with Crippen molar-refractivity contribution in [2.45, 2.75) is 51.6 Å². The molecule has 0 saturated heterocycles. The van der Waals surface area contributed by atoms with Crippen molar-refractivity contribution in [3.05, 3.63) is 35.1 Å². The lowest BCUT2D eigenvalue weighted by atomic mass is 9.87. The van der Waals surface area contributed by atoms with Crippen LogP contribution in [0, 0.1) is 11.7 Å². The van der Waals surface area contributed by atoms with Gasteiger partial charge >= 0.3 is 0 Å². The van der Waals surface area contributed by atoms with E-state index >= 15 is 0 Å². The minimum Gasteiger partial charge on any atom is -0.352 e. The fourth-order valence-corrected chi connectivity index (χ4v) is 2.78. The molecule has 20 heavy (non-hydrogen) atoms. The lowest BCUT2D eigenvalue weighted by molar-refractivity contribution is -0.122. The van der Waals surface area contributed by atoms with Crippen molar-refractivity contribution in [3.8, 4) is 0 Å². The molecule has 1 saturated carbocycles. The number of rotatable bonds is 5. The lowest BCUT2D eigenvalue weighted by Crippen LogP contribution is -2.26. The van der Waals surface area contributed by atoms with Crippen LogP contribution in [0.4, 0.5) is 4.39 Å². The molecule has 4 heteroatoms. The third-order valence-corrected chi connectivity index (χ3v) is 4.03. The van der Waals surface area contributed by atoms with Crippen LogP contribution in [0.2, 0.25) is 0 Å². The van der Waals surface area contributed by atoms with Gasteiger partial charge in [0.25, 0.3) is 0 Å². The van der Waals surface area contributed by atoms with Crippen LogP contribution >= 0.6 is 0 Å². The molecule has 1 amide bonds. The highest BCUT2D eigenvalue weighted by Gasteiger charge is 2.17. The number of halogens is 1. The first-order valence-electron chi connectivity index (χ1n) is 7.43. The summed E-state index contributed by atoms with van der Waals surface area (Å²) in [7, 11) is 0. The molecule has 0 radical (unpaired) electrons. The van der Waals surface area contributed by atoms with Gasteiger partial charge in [0.2, 0.25) is 5.91 Å². The quantitative estimate of drug-likeness (QED) is 0.870. The Kier molecular flexibility index (Phi) is 5.53. The van der Waals surface area contributed by atoms with Gasteiger partial charge in [-0.15, -0.1) is 0 Å². The van der Waals surface area contributed by atoms with Crippen molar-refractivity contribution in [2.75, 3.05) is 0 Å². The number of carbonyl (C=O) groups is 1. The van der Waals surface area contributed by atoms with Crippen molar-refractivity contribution >= 4 is 5.91 Å². The smallest absolute Gasteiger partial charge is 0.220 e. The molecule has 0 bridgehead atoms. The lowest BCUT2D eigenvalue weighted by Gasteiger charge is -2.20. The Morgan fingerprint density at radius 2 is 2.05 bits per heavy atom. The first kappa shape index (κ1) is 15.0. The van der Waals surface area contributed by atoms with Gasteiger partial charge in [-0.05, 0) is 30.4 Å². The number of carbonyl (C=O) groups excluding carboxylic acids is 1. The maximum absolute atomic E-state index is 13.7. The van der Waals surface area contributed by atoms with Crippen molar-refractivity contribution < 1.29 is 9.18 Å². The minimum atomic E-state index is -0.300. The fourth-order valence-electron chi connectivity index (χ4n) is 2.78. The van der Waals surface area contributed by atoms with E-state index in [0.29, 0.717) is 24.4 Å². The van der Waals surface area contributed by atoms with Gasteiger partial charge in [0, 0.05) is 25.1 Å². The molecule has 0 atom stereocenters. The van der Waals surface area contributed by atoms with Crippen LogP contribution in [0.3, 0.4) is 0 Å². The summed E-state index contributed by atoms with van der Waals surface area (Å²) >= 11 is 0. The average molecular weight is 278 g/mol. The number of amides is 1. The third-order valence-electron chi connectivity index (χ3n) is 4.03. The second-order valence-corrected chi connectivity index (χ2v) is 5.61. The van der Waals surface area contributed by atoms with Crippen LogP contribution in [0.5, 0.6) is 0 Å². The van der Waals surface area contributed by atoms with E-state index in [0.717, 1.165) is 18.4 Å². The van der Waals surface area contributed by atoms with E-state index < -0.39 is 0 Å². The van der Waals surface area contributed by atoms with Gasteiger partial charge in [0.1, 0.15) is 5.82 Å². The van der Waals surface area contributed by atoms with E-state index in [1.54, 1.807) is 12.1 Å². The summed E-state index contributed by atoms with van der Waals surface area (Å²) in [6.07, 6.45) is 6.61. The predicted octanol–water partition coefficient (Wildman–Crippen LogP) is 2.87. The molecular formula is C16H23FN2O. The van der Waals surface area contributed by atoms with Crippen molar-refractivity contribution in [3.63, 3.8) is 0 Å². The Balaban J connectivity index is 1.80. The number of nitrogens with two attached hydrogens (primary N) is 1. The van der Waals surface area contributed by atoms with Gasteiger partial charge in [0.15, 0.2) is 0 Å². The zero-order chi connectivity index (χ0) is 14.4. The first-order chi connectivity index (χ1) is 9.69. The Bertz CT molecular complexity index is 456. The molecule has 1 aliphatic carbocycles. The minimum absolute atomic E-state index is 0.0270. The average Bonchev–Trinajstić information content (AvgIpc) is 2.47. The van der Waals surface area contributed by atoms with Crippen LogP contribution in [0.15, 0.2) is 18.2 Å². The van der Waals surface area contributed by atoms with E-state index in [-0.39, 0.29) is 18.3 Å². The Labute approximate surface area is 119 Å². The van der Waals surface area contributed by atoms with Crippen molar-refractivity contribution in [1.29, 1.82) is 0 Å². The zero-order valence-electron chi connectivity index (χ0n) is 11.8. The van der Waals surface area contributed by atoms with Crippen LogP contribution in [-0.4, -0.2) is 5.91 Å². The number of hydrogen-bond donors (Lipinski definition) is 2. The standard InChI is InChI=1S/C16H23FN2O/c17-15-8-13(10-18)6-7-14(15)11-19-16(20)9-12-4-2-1-3-5-12/h6-8,12H,1-5,9-11,18H2,(H,19,20). The second kappa shape index (κ2) is 7.39. The maximum Gasteiger partial charge on any atom is 0.220 e. The number of benzene rings is 1. The highest BCUT2D eigenvalue weighted by molar-refractivity contribution is 5.76. The summed E-state index contributed by atoms with van der Waals surface area (Å²) in [5.41, 5.74) is 6.74. The first-order valence-corrected chi connectivity index (χ1v) is 7.43. The van der Waals surface area contributed by atoms with Crippen molar-refractivity contribution in [1.82, 2.24) is 5.32 Å². The van der Waals surface area contributed by atoms with Gasteiger partial charge < -0.3 is 11.1 Å². The SMILES string of the molecule is NCc1ccc(CNC(=O)CC2CCCCC2)c(F)c1. The molecule has 110 valence electrons. The monoisotopic (exact) mass is 278 g/mol. The van der Waals surface area contributed by atoms with E-state index in [9.17, 15) is 9.18 Å². The van der Waals surface area contributed by atoms with E-state index in [1.807, 2.05) is 0 Å². The summed E-state index contributed by atoms with van der Waals surface area (Å²) in [5.74, 6) is 0.235. The molecule has 1 aromatic rings. The molecule has 1 aromatic carbocycles. The molecule has 1 aliphatic rings. The molecule has 3 nitrogen and oxygen atoms in total. The van der Waals surface area contributed by atoms with E-state index in [2.05, 4.69) is 5.32 Å². The Morgan fingerprint density at radius 3 is 2.70 bits per heavy atom. The van der Waals surface area contributed by atoms with Crippen LogP contribution in [0.25, 0.3) is 0 Å². The van der Waals surface area contributed by atoms with Gasteiger partial charge in [-0.2, -0.15) is 0 Å². The molecule has 0 aromatic heterocycles. The van der Waals surface area contributed by atoms with Gasteiger partial charge in [-0.25, -0.2) is 4.39 Å². The largest absolute Gasteiger partial charge is 0.352 e.